The van der Waals surface area contributed by atoms with Crippen LogP contribution in [0.1, 0.15) is 118 Å². The molecule has 0 aliphatic heterocycles. The first-order chi connectivity index (χ1) is 26.9. The summed E-state index contributed by atoms with van der Waals surface area (Å²) < 4.78 is 32.4. The van der Waals surface area contributed by atoms with Gasteiger partial charge in [0.1, 0.15) is 5.82 Å². The summed E-state index contributed by atoms with van der Waals surface area (Å²) in [6.45, 7) is 29.3. The summed E-state index contributed by atoms with van der Waals surface area (Å²) in [7, 11) is -4.02. The molecule has 1 aliphatic carbocycles. The molecule has 3 aromatic carbocycles. The van der Waals surface area contributed by atoms with Gasteiger partial charge in [-0.2, -0.15) is 0 Å². The predicted molar refractivity (Wildman–Crippen MR) is 239 cm³/mol. The summed E-state index contributed by atoms with van der Waals surface area (Å²) in [5, 5.41) is 3.36. The first-order valence-corrected chi connectivity index (χ1v) is 21.9. The number of aromatic nitrogens is 5. The molecule has 0 N–H and O–H groups in total. The zero-order valence-electron chi connectivity index (χ0n) is 36.4. The third-order valence-electron chi connectivity index (χ3n) is 12.7. The van der Waals surface area contributed by atoms with Gasteiger partial charge in [-0.15, -0.1) is 0 Å². The minimum atomic E-state index is -4.02. The van der Waals surface area contributed by atoms with Crippen molar-refractivity contribution in [3.63, 3.8) is 0 Å². The number of benzene rings is 3. The van der Waals surface area contributed by atoms with E-state index in [2.05, 4.69) is 171 Å². The number of allylic oxidation sites excluding steroid dienone is 1. The van der Waals surface area contributed by atoms with Gasteiger partial charge in [0.15, 0.2) is 10.8 Å². The Morgan fingerprint density at radius 3 is 1.52 bits per heavy atom. The SMILES string of the molecule is CC(C)(C)c1ccc2c(c1)c1c(n2-c2cnc(S(=O)(=O)c3ccc(-n4c5ccc(C(C)(C)C)cc5c5cc(C(C)(C)C)ccc54)nc3)cn2)C=CC(C)(C(C)(C)C)C1. The molecule has 7 nitrogen and oxygen atoms in total. The maximum Gasteiger partial charge on any atom is 0.226 e. The van der Waals surface area contributed by atoms with Crippen LogP contribution in [0.5, 0.6) is 0 Å². The molecule has 7 aromatic rings. The van der Waals surface area contributed by atoms with Gasteiger partial charge in [0.25, 0.3) is 0 Å². The molecule has 0 bridgehead atoms. The Bertz CT molecular complexity index is 2830. The molecule has 0 saturated heterocycles. The molecule has 0 radical (unpaired) electrons. The summed E-state index contributed by atoms with van der Waals surface area (Å²) >= 11 is 0. The molecule has 0 fully saturated rings. The van der Waals surface area contributed by atoms with E-state index in [1.165, 1.54) is 40.0 Å². The van der Waals surface area contributed by atoms with Crippen molar-refractivity contribution >= 4 is 48.6 Å². The number of sulfone groups is 1. The second kappa shape index (κ2) is 13.0. The lowest BCUT2D eigenvalue weighted by Crippen LogP contribution is -2.34. The van der Waals surface area contributed by atoms with Crippen LogP contribution in [0.25, 0.3) is 50.4 Å². The van der Waals surface area contributed by atoms with Gasteiger partial charge in [0.2, 0.25) is 9.84 Å². The molecule has 58 heavy (non-hydrogen) atoms. The molecule has 1 aliphatic rings. The van der Waals surface area contributed by atoms with Crippen LogP contribution < -0.4 is 0 Å². The first-order valence-electron chi connectivity index (χ1n) is 20.4. The Balaban J connectivity index is 1.18. The van der Waals surface area contributed by atoms with Crippen molar-refractivity contribution < 1.29 is 8.42 Å². The largest absolute Gasteiger partial charge is 0.294 e. The van der Waals surface area contributed by atoms with Crippen molar-refractivity contribution in [2.24, 2.45) is 10.8 Å². The second-order valence-electron chi connectivity index (χ2n) is 20.7. The fraction of sp³-hybridized carbons (Fsp3) is 0.380. The Hall–Kier alpha value is -5.08. The van der Waals surface area contributed by atoms with Crippen molar-refractivity contribution in [3.8, 4) is 11.6 Å². The van der Waals surface area contributed by atoms with Crippen LogP contribution in [-0.2, 0) is 32.5 Å². The highest BCUT2D eigenvalue weighted by Gasteiger charge is 2.39. The van der Waals surface area contributed by atoms with Crippen LogP contribution in [-0.4, -0.2) is 32.5 Å². The van der Waals surface area contributed by atoms with Gasteiger partial charge in [0, 0.05) is 22.4 Å². The fourth-order valence-corrected chi connectivity index (χ4v) is 9.27. The maximum absolute atomic E-state index is 14.1. The van der Waals surface area contributed by atoms with Gasteiger partial charge in [-0.25, -0.2) is 23.4 Å². The smallest absolute Gasteiger partial charge is 0.226 e. The van der Waals surface area contributed by atoms with E-state index >= 15 is 0 Å². The van der Waals surface area contributed by atoms with E-state index in [4.69, 9.17) is 9.97 Å². The third-order valence-corrected chi connectivity index (χ3v) is 14.3. The van der Waals surface area contributed by atoms with Crippen molar-refractivity contribution in [1.82, 2.24) is 24.1 Å². The number of hydrogen-bond acceptors (Lipinski definition) is 5. The van der Waals surface area contributed by atoms with Crippen LogP contribution in [0, 0.1) is 10.8 Å². The second-order valence-corrected chi connectivity index (χ2v) is 22.6. The molecule has 0 saturated carbocycles. The van der Waals surface area contributed by atoms with Gasteiger partial charge in [-0.05, 0) is 110 Å². The summed E-state index contributed by atoms with van der Waals surface area (Å²) in [6, 6.07) is 23.3. The Morgan fingerprint density at radius 1 is 0.569 bits per heavy atom. The lowest BCUT2D eigenvalue weighted by Gasteiger charge is -2.42. The predicted octanol–water partition coefficient (Wildman–Crippen LogP) is 12.3. The van der Waals surface area contributed by atoms with E-state index in [-0.39, 0.29) is 37.0 Å². The van der Waals surface area contributed by atoms with E-state index in [0.717, 1.165) is 39.4 Å². The number of fused-ring (bicyclic) bond motifs is 6. The lowest BCUT2D eigenvalue weighted by atomic mass is 9.63. The van der Waals surface area contributed by atoms with Gasteiger partial charge in [-0.1, -0.05) is 114 Å². The highest BCUT2D eigenvalue weighted by molar-refractivity contribution is 7.91. The van der Waals surface area contributed by atoms with Crippen LogP contribution in [0.2, 0.25) is 0 Å². The van der Waals surface area contributed by atoms with Crippen molar-refractivity contribution in [2.45, 2.75) is 123 Å². The highest BCUT2D eigenvalue weighted by Crippen LogP contribution is 2.49. The summed E-state index contributed by atoms with van der Waals surface area (Å²) in [4.78, 5) is 14.1. The normalized spacial score (nSPS) is 16.8. The average Bonchev–Trinajstić information content (AvgIpc) is 3.64. The third kappa shape index (κ3) is 6.48. The minimum Gasteiger partial charge on any atom is -0.294 e. The van der Waals surface area contributed by atoms with Gasteiger partial charge in [-0.3, -0.25) is 9.13 Å². The number of rotatable bonds is 4. The number of nitrogens with zero attached hydrogens (tertiary/aromatic N) is 5. The lowest BCUT2D eigenvalue weighted by molar-refractivity contribution is 0.168. The molecule has 0 spiro atoms. The summed E-state index contributed by atoms with van der Waals surface area (Å²) in [5.74, 6) is 1.21. The molecular formula is C50H57N5O2S. The minimum absolute atomic E-state index is 0.0142. The number of hydrogen-bond donors (Lipinski definition) is 0. The highest BCUT2D eigenvalue weighted by atomic mass is 32.2. The van der Waals surface area contributed by atoms with Crippen LogP contribution in [0.3, 0.4) is 0 Å². The Labute approximate surface area is 344 Å². The van der Waals surface area contributed by atoms with E-state index in [1.54, 1.807) is 18.3 Å². The summed E-state index contributed by atoms with van der Waals surface area (Å²) in [5.41, 5.74) is 9.12. The Morgan fingerprint density at radius 2 is 1.07 bits per heavy atom. The van der Waals surface area contributed by atoms with E-state index in [0.29, 0.717) is 11.6 Å². The van der Waals surface area contributed by atoms with Crippen molar-refractivity contribution in [3.05, 3.63) is 119 Å². The van der Waals surface area contributed by atoms with Crippen molar-refractivity contribution in [2.75, 3.05) is 0 Å². The van der Waals surface area contributed by atoms with E-state index < -0.39 is 9.84 Å². The molecule has 8 heteroatoms. The topological polar surface area (TPSA) is 82.7 Å². The average molecular weight is 792 g/mol. The van der Waals surface area contributed by atoms with Gasteiger partial charge >= 0.3 is 0 Å². The quantitative estimate of drug-likeness (QED) is 0.177. The maximum atomic E-state index is 14.1. The monoisotopic (exact) mass is 791 g/mol. The Kier molecular flexibility index (Phi) is 8.88. The van der Waals surface area contributed by atoms with Gasteiger partial charge < -0.3 is 0 Å². The molecule has 8 rings (SSSR count). The standard InChI is InChI=1S/C50H57N5O2S/c1-46(2,3)31-14-18-39-35(24-31)36-25-32(47(4,5)6)15-19-40(36)54(39)43-21-17-34(28-51-43)58(56,57)45-30-52-44(29-53-45)55-41-20-16-33(48(7,8)9)26-37(41)38-27-50(13,49(10,11)12)23-22-42(38)55/h14-26,28-30H,27H2,1-13H3. The van der Waals surface area contributed by atoms with E-state index in [1.807, 2.05) is 0 Å². The van der Waals surface area contributed by atoms with Crippen LogP contribution >= 0.6 is 0 Å². The fourth-order valence-electron chi connectivity index (χ4n) is 8.21. The molecule has 4 heterocycles. The molecule has 300 valence electrons. The zero-order valence-corrected chi connectivity index (χ0v) is 37.2. The van der Waals surface area contributed by atoms with Gasteiger partial charge in [0.05, 0.1) is 39.5 Å². The first kappa shape index (κ1) is 39.7. The van der Waals surface area contributed by atoms with E-state index in [9.17, 15) is 8.42 Å². The van der Waals surface area contributed by atoms with Crippen LogP contribution in [0.4, 0.5) is 0 Å². The summed E-state index contributed by atoms with van der Waals surface area (Å²) in [6.07, 6.45) is 9.80. The van der Waals surface area contributed by atoms with Crippen LogP contribution in [0.15, 0.2) is 101 Å². The molecule has 1 unspecified atom stereocenters. The molecular weight excluding hydrogens is 735 g/mol. The zero-order chi connectivity index (χ0) is 42.0. The molecule has 0 amide bonds. The van der Waals surface area contributed by atoms with Crippen molar-refractivity contribution in [1.29, 1.82) is 0 Å². The molecule has 1 atom stereocenters. The number of pyridine rings is 1. The molecule has 4 aromatic heterocycles.